The standard InChI is InChI=1S/C17H17N3O3/c1-3-8-23-15-7-5-4-6-12(15)11-20(2)17(22)14-9-13(10-19-14)16(18)21/h1,4-7,9-10,19H,8,11H2,2H3,(H2,18,21). The molecule has 118 valence electrons. The fourth-order valence-electron chi connectivity index (χ4n) is 2.09. The first-order valence-corrected chi connectivity index (χ1v) is 6.90. The minimum Gasteiger partial charge on any atom is -0.481 e. The van der Waals surface area contributed by atoms with Gasteiger partial charge in [-0.2, -0.15) is 0 Å². The van der Waals surface area contributed by atoms with Crippen molar-refractivity contribution in [3.05, 3.63) is 53.3 Å². The van der Waals surface area contributed by atoms with Crippen molar-refractivity contribution in [2.45, 2.75) is 6.54 Å². The molecule has 6 heteroatoms. The lowest BCUT2D eigenvalue weighted by atomic mass is 10.2. The summed E-state index contributed by atoms with van der Waals surface area (Å²) in [5.74, 6) is 2.19. The average Bonchev–Trinajstić information content (AvgIpc) is 3.03. The summed E-state index contributed by atoms with van der Waals surface area (Å²) in [7, 11) is 1.66. The molecule has 3 N–H and O–H groups in total. The smallest absolute Gasteiger partial charge is 0.270 e. The molecule has 23 heavy (non-hydrogen) atoms. The molecule has 0 spiro atoms. The maximum Gasteiger partial charge on any atom is 0.270 e. The number of rotatable bonds is 6. The van der Waals surface area contributed by atoms with Gasteiger partial charge in [0.2, 0.25) is 5.91 Å². The molecule has 0 radical (unpaired) electrons. The van der Waals surface area contributed by atoms with E-state index in [0.717, 1.165) is 5.56 Å². The van der Waals surface area contributed by atoms with Gasteiger partial charge in [-0.3, -0.25) is 9.59 Å². The van der Waals surface area contributed by atoms with Gasteiger partial charge >= 0.3 is 0 Å². The molecule has 6 nitrogen and oxygen atoms in total. The predicted molar refractivity (Wildman–Crippen MR) is 85.9 cm³/mol. The summed E-state index contributed by atoms with van der Waals surface area (Å²) in [5, 5.41) is 0. The van der Waals surface area contributed by atoms with Crippen LogP contribution in [0.2, 0.25) is 0 Å². The van der Waals surface area contributed by atoms with E-state index >= 15 is 0 Å². The molecule has 1 aromatic carbocycles. The molecule has 0 atom stereocenters. The number of H-pyrrole nitrogens is 1. The summed E-state index contributed by atoms with van der Waals surface area (Å²) in [4.78, 5) is 27.7. The van der Waals surface area contributed by atoms with E-state index in [1.54, 1.807) is 13.1 Å². The summed E-state index contributed by atoms with van der Waals surface area (Å²) in [6, 6.07) is 8.78. The third kappa shape index (κ3) is 3.92. The predicted octanol–water partition coefficient (Wildman–Crippen LogP) is 1.40. The number of hydrogen-bond acceptors (Lipinski definition) is 3. The zero-order valence-electron chi connectivity index (χ0n) is 12.7. The van der Waals surface area contributed by atoms with Crippen molar-refractivity contribution < 1.29 is 14.3 Å². The van der Waals surface area contributed by atoms with E-state index in [9.17, 15) is 9.59 Å². The molecule has 0 saturated carbocycles. The van der Waals surface area contributed by atoms with Gasteiger partial charge in [0.05, 0.1) is 5.56 Å². The van der Waals surface area contributed by atoms with E-state index in [4.69, 9.17) is 16.9 Å². The third-order valence-corrected chi connectivity index (χ3v) is 3.24. The SMILES string of the molecule is C#CCOc1ccccc1CN(C)C(=O)c1cc(C(N)=O)c[nH]1. The van der Waals surface area contributed by atoms with E-state index in [0.29, 0.717) is 18.0 Å². The minimum atomic E-state index is -0.587. The zero-order chi connectivity index (χ0) is 16.8. The molecule has 0 aliphatic carbocycles. The van der Waals surface area contributed by atoms with Crippen LogP contribution in [-0.4, -0.2) is 35.4 Å². The fourth-order valence-corrected chi connectivity index (χ4v) is 2.09. The largest absolute Gasteiger partial charge is 0.481 e. The molecule has 2 aromatic rings. The first-order valence-electron chi connectivity index (χ1n) is 6.90. The molecule has 0 aliphatic rings. The van der Waals surface area contributed by atoms with Crippen LogP contribution in [0.25, 0.3) is 0 Å². The average molecular weight is 311 g/mol. The van der Waals surface area contributed by atoms with Crippen LogP contribution in [0.3, 0.4) is 0 Å². The van der Waals surface area contributed by atoms with Gasteiger partial charge in [0.15, 0.2) is 0 Å². The van der Waals surface area contributed by atoms with Gasteiger partial charge in [-0.15, -0.1) is 6.42 Å². The number of terminal acetylenes is 1. The Bertz CT molecular complexity index is 758. The van der Waals surface area contributed by atoms with Crippen LogP contribution in [0, 0.1) is 12.3 Å². The minimum absolute atomic E-state index is 0.160. The van der Waals surface area contributed by atoms with Crippen LogP contribution in [0.15, 0.2) is 36.5 Å². The van der Waals surface area contributed by atoms with Crippen molar-refractivity contribution in [3.8, 4) is 18.1 Å². The number of nitrogens with two attached hydrogens (primary N) is 1. The Kier molecular flexibility index (Phi) is 5.05. The molecule has 0 bridgehead atoms. The number of ether oxygens (including phenoxy) is 1. The molecule has 0 unspecified atom stereocenters. The van der Waals surface area contributed by atoms with Gasteiger partial charge in [-0.05, 0) is 12.1 Å². The van der Waals surface area contributed by atoms with Crippen LogP contribution < -0.4 is 10.5 Å². The number of para-hydroxylation sites is 1. The van der Waals surface area contributed by atoms with Gasteiger partial charge < -0.3 is 20.4 Å². The Morgan fingerprint density at radius 1 is 1.39 bits per heavy atom. The molecule has 2 amide bonds. The van der Waals surface area contributed by atoms with E-state index in [1.165, 1.54) is 17.2 Å². The second-order valence-corrected chi connectivity index (χ2v) is 4.93. The molecule has 0 saturated heterocycles. The highest BCUT2D eigenvalue weighted by Gasteiger charge is 2.17. The van der Waals surface area contributed by atoms with Crippen LogP contribution in [0.1, 0.15) is 26.4 Å². The summed E-state index contributed by atoms with van der Waals surface area (Å²) in [6.07, 6.45) is 6.61. The highest BCUT2D eigenvalue weighted by atomic mass is 16.5. The maximum atomic E-state index is 12.4. The van der Waals surface area contributed by atoms with Crippen LogP contribution in [-0.2, 0) is 6.54 Å². The Morgan fingerprint density at radius 2 is 2.13 bits per heavy atom. The Hall–Kier alpha value is -3.20. The molecule has 0 aliphatic heterocycles. The second kappa shape index (κ2) is 7.18. The number of hydrogen-bond donors (Lipinski definition) is 2. The van der Waals surface area contributed by atoms with Crippen molar-refractivity contribution in [2.75, 3.05) is 13.7 Å². The lowest BCUT2D eigenvalue weighted by Crippen LogP contribution is -2.26. The second-order valence-electron chi connectivity index (χ2n) is 4.93. The van der Waals surface area contributed by atoms with E-state index < -0.39 is 5.91 Å². The lowest BCUT2D eigenvalue weighted by Gasteiger charge is -2.18. The lowest BCUT2D eigenvalue weighted by molar-refractivity contribution is 0.0779. The summed E-state index contributed by atoms with van der Waals surface area (Å²) in [6.45, 7) is 0.498. The number of amides is 2. The van der Waals surface area contributed by atoms with Gasteiger partial charge in [-0.25, -0.2) is 0 Å². The van der Waals surface area contributed by atoms with Crippen LogP contribution >= 0.6 is 0 Å². The van der Waals surface area contributed by atoms with Crippen molar-refractivity contribution in [1.29, 1.82) is 0 Å². The monoisotopic (exact) mass is 311 g/mol. The summed E-state index contributed by atoms with van der Waals surface area (Å²) < 4.78 is 5.47. The highest BCUT2D eigenvalue weighted by Crippen LogP contribution is 2.20. The van der Waals surface area contributed by atoms with Gasteiger partial charge in [0.25, 0.3) is 5.91 Å². The number of benzene rings is 1. The third-order valence-electron chi connectivity index (χ3n) is 3.24. The number of aromatic amines is 1. The molecule has 1 heterocycles. The Morgan fingerprint density at radius 3 is 2.78 bits per heavy atom. The highest BCUT2D eigenvalue weighted by molar-refractivity contribution is 5.98. The topological polar surface area (TPSA) is 88.4 Å². The van der Waals surface area contributed by atoms with Gasteiger partial charge in [-0.1, -0.05) is 24.1 Å². The number of aromatic nitrogens is 1. The summed E-state index contributed by atoms with van der Waals surface area (Å²) >= 11 is 0. The van der Waals surface area contributed by atoms with E-state index in [2.05, 4.69) is 10.9 Å². The van der Waals surface area contributed by atoms with Gasteiger partial charge in [0.1, 0.15) is 18.1 Å². The van der Waals surface area contributed by atoms with Gasteiger partial charge in [0, 0.05) is 25.4 Å². The zero-order valence-corrected chi connectivity index (χ0v) is 12.7. The molecular weight excluding hydrogens is 294 g/mol. The Labute approximate surface area is 134 Å². The Balaban J connectivity index is 2.12. The van der Waals surface area contributed by atoms with Crippen molar-refractivity contribution in [1.82, 2.24) is 9.88 Å². The first-order chi connectivity index (χ1) is 11.0. The molecule has 1 aromatic heterocycles. The number of nitrogens with zero attached hydrogens (tertiary/aromatic N) is 1. The number of primary amides is 1. The number of carbonyl (C=O) groups is 2. The van der Waals surface area contributed by atoms with Crippen molar-refractivity contribution in [2.24, 2.45) is 5.73 Å². The van der Waals surface area contributed by atoms with E-state index in [-0.39, 0.29) is 18.1 Å². The number of carbonyl (C=O) groups excluding carboxylic acids is 2. The van der Waals surface area contributed by atoms with E-state index in [1.807, 2.05) is 18.2 Å². The number of nitrogens with one attached hydrogen (secondary N) is 1. The molecular formula is C17H17N3O3. The fraction of sp³-hybridized carbons (Fsp3) is 0.176. The molecule has 0 fully saturated rings. The van der Waals surface area contributed by atoms with Crippen LogP contribution in [0.4, 0.5) is 0 Å². The van der Waals surface area contributed by atoms with Crippen LogP contribution in [0.5, 0.6) is 5.75 Å². The van der Waals surface area contributed by atoms with Crippen molar-refractivity contribution in [3.63, 3.8) is 0 Å². The van der Waals surface area contributed by atoms with Crippen molar-refractivity contribution >= 4 is 11.8 Å². The first kappa shape index (κ1) is 16.2. The maximum absolute atomic E-state index is 12.4. The normalized spacial score (nSPS) is 9.91. The quantitative estimate of drug-likeness (QED) is 0.790. The molecule has 2 rings (SSSR count). The summed E-state index contributed by atoms with van der Waals surface area (Å²) in [5.41, 5.74) is 6.57.